The minimum absolute atomic E-state index is 0.0284. The van der Waals surface area contributed by atoms with E-state index in [2.05, 4.69) is 10.3 Å². The second kappa shape index (κ2) is 8.17. The Bertz CT molecular complexity index is 380. The lowest BCUT2D eigenvalue weighted by Crippen LogP contribution is -2.42. The largest absolute Gasteiger partial charge is 0.388 e. The van der Waals surface area contributed by atoms with Gasteiger partial charge in [-0.1, -0.05) is 13.8 Å². The Morgan fingerprint density at radius 2 is 2.00 bits per heavy atom. The minimum Gasteiger partial charge on any atom is -0.388 e. The molecule has 0 radical (unpaired) electrons. The van der Waals surface area contributed by atoms with E-state index < -0.39 is 5.60 Å². The smallest absolute Gasteiger partial charge is 0.230 e. The van der Waals surface area contributed by atoms with Gasteiger partial charge in [0.2, 0.25) is 5.91 Å². The van der Waals surface area contributed by atoms with Gasteiger partial charge in [-0.25, -0.2) is 0 Å². The lowest BCUT2D eigenvalue weighted by molar-refractivity contribution is -0.119. The van der Waals surface area contributed by atoms with Crippen molar-refractivity contribution in [3.63, 3.8) is 0 Å². The summed E-state index contributed by atoms with van der Waals surface area (Å²) in [5.41, 5.74) is 0.386. The topological polar surface area (TPSA) is 62.2 Å². The van der Waals surface area contributed by atoms with Crippen molar-refractivity contribution >= 4 is 17.7 Å². The predicted molar refractivity (Wildman–Crippen MR) is 78.9 cm³/mol. The fraction of sp³-hybridized carbons (Fsp3) is 0.571. The molecule has 1 heterocycles. The summed E-state index contributed by atoms with van der Waals surface area (Å²) in [6, 6.07) is 3.88. The summed E-state index contributed by atoms with van der Waals surface area (Å²) >= 11 is 1.56. The Morgan fingerprint density at radius 3 is 2.58 bits per heavy atom. The normalized spacial score (nSPS) is 11.3. The number of aliphatic hydroxyl groups is 1. The Labute approximate surface area is 119 Å². The fourth-order valence-corrected chi connectivity index (χ4v) is 2.37. The van der Waals surface area contributed by atoms with Crippen LogP contribution in [0.3, 0.4) is 0 Å². The lowest BCUT2D eigenvalue weighted by atomic mass is 9.98. The van der Waals surface area contributed by atoms with Crippen molar-refractivity contribution in [3.05, 3.63) is 30.1 Å². The van der Waals surface area contributed by atoms with Gasteiger partial charge in [-0.2, -0.15) is 0 Å². The number of rotatable bonds is 8. The Balaban J connectivity index is 2.22. The van der Waals surface area contributed by atoms with Crippen molar-refractivity contribution < 1.29 is 9.90 Å². The molecule has 0 aromatic carbocycles. The van der Waals surface area contributed by atoms with Crippen LogP contribution < -0.4 is 5.32 Å². The van der Waals surface area contributed by atoms with Gasteiger partial charge in [0.1, 0.15) is 0 Å². The number of carbonyl (C=O) groups excluding carboxylic acids is 1. The van der Waals surface area contributed by atoms with Crippen molar-refractivity contribution in [2.24, 2.45) is 0 Å². The molecule has 0 saturated heterocycles. The summed E-state index contributed by atoms with van der Waals surface area (Å²) in [5.74, 6) is 1.17. The molecule has 0 saturated carbocycles. The summed E-state index contributed by atoms with van der Waals surface area (Å²) in [6.45, 7) is 4.18. The van der Waals surface area contributed by atoms with Crippen molar-refractivity contribution in [3.8, 4) is 0 Å². The molecule has 0 fully saturated rings. The number of amides is 1. The fourth-order valence-electron chi connectivity index (χ4n) is 1.55. The van der Waals surface area contributed by atoms with E-state index in [0.29, 0.717) is 25.1 Å². The van der Waals surface area contributed by atoms with Gasteiger partial charge in [0, 0.05) is 24.7 Å². The van der Waals surface area contributed by atoms with Gasteiger partial charge < -0.3 is 10.4 Å². The van der Waals surface area contributed by atoms with Gasteiger partial charge in [-0.15, -0.1) is 11.8 Å². The highest BCUT2D eigenvalue weighted by Gasteiger charge is 2.22. The Kier molecular flexibility index (Phi) is 6.87. The molecular weight excluding hydrogens is 260 g/mol. The van der Waals surface area contributed by atoms with Gasteiger partial charge in [0.25, 0.3) is 0 Å². The highest BCUT2D eigenvalue weighted by molar-refractivity contribution is 7.99. The van der Waals surface area contributed by atoms with Crippen LogP contribution in [0.15, 0.2) is 24.5 Å². The van der Waals surface area contributed by atoms with Crippen LogP contribution in [0, 0.1) is 0 Å². The first-order valence-electron chi connectivity index (χ1n) is 6.55. The zero-order valence-corrected chi connectivity index (χ0v) is 12.4. The van der Waals surface area contributed by atoms with Crippen molar-refractivity contribution in [1.82, 2.24) is 10.3 Å². The Hall–Kier alpha value is -1.07. The molecule has 106 valence electrons. The number of carbonyl (C=O) groups is 1. The number of hydrogen-bond acceptors (Lipinski definition) is 4. The summed E-state index contributed by atoms with van der Waals surface area (Å²) in [5, 5.41) is 12.8. The highest BCUT2D eigenvalue weighted by atomic mass is 32.2. The van der Waals surface area contributed by atoms with E-state index in [1.807, 2.05) is 26.0 Å². The molecule has 0 aliphatic rings. The molecule has 2 N–H and O–H groups in total. The first-order valence-corrected chi connectivity index (χ1v) is 7.71. The van der Waals surface area contributed by atoms with Gasteiger partial charge >= 0.3 is 0 Å². The van der Waals surface area contributed by atoms with Gasteiger partial charge in [-0.05, 0) is 30.5 Å². The molecule has 1 aromatic heterocycles. The number of aromatic nitrogens is 1. The zero-order valence-electron chi connectivity index (χ0n) is 11.6. The van der Waals surface area contributed by atoms with E-state index in [-0.39, 0.29) is 5.91 Å². The second-order valence-electron chi connectivity index (χ2n) is 4.56. The van der Waals surface area contributed by atoms with E-state index in [0.717, 1.165) is 11.3 Å². The molecule has 5 heteroatoms. The molecule has 1 aromatic rings. The summed E-state index contributed by atoms with van der Waals surface area (Å²) < 4.78 is 0. The summed E-state index contributed by atoms with van der Waals surface area (Å²) in [4.78, 5) is 15.6. The van der Waals surface area contributed by atoms with E-state index in [9.17, 15) is 9.90 Å². The van der Waals surface area contributed by atoms with E-state index in [1.54, 1.807) is 24.2 Å². The number of nitrogens with one attached hydrogen (secondary N) is 1. The van der Waals surface area contributed by atoms with Crippen LogP contribution in [0.1, 0.15) is 32.3 Å². The van der Waals surface area contributed by atoms with Gasteiger partial charge in [-0.3, -0.25) is 9.78 Å². The number of thioether (sulfide) groups is 1. The molecule has 0 spiro atoms. The number of nitrogens with zero attached hydrogens (tertiary/aromatic N) is 1. The molecule has 1 amide bonds. The third-order valence-electron chi connectivity index (χ3n) is 3.18. The quantitative estimate of drug-likeness (QED) is 0.765. The maximum Gasteiger partial charge on any atom is 0.230 e. The van der Waals surface area contributed by atoms with Crippen molar-refractivity contribution in [1.29, 1.82) is 0 Å². The molecule has 0 unspecified atom stereocenters. The molecule has 0 aliphatic carbocycles. The SMILES string of the molecule is CCC(O)(CC)CNC(=O)CSCc1ccncc1. The Morgan fingerprint density at radius 1 is 1.37 bits per heavy atom. The van der Waals surface area contributed by atoms with Gasteiger partial charge in [0.15, 0.2) is 0 Å². The van der Waals surface area contributed by atoms with E-state index in [1.165, 1.54) is 0 Å². The molecule has 1 rings (SSSR count). The summed E-state index contributed by atoms with van der Waals surface area (Å²) in [6.07, 6.45) is 4.79. The van der Waals surface area contributed by atoms with Crippen LogP contribution >= 0.6 is 11.8 Å². The third kappa shape index (κ3) is 6.07. The van der Waals surface area contributed by atoms with Crippen LogP contribution in [-0.2, 0) is 10.5 Å². The van der Waals surface area contributed by atoms with Crippen LogP contribution in [0.4, 0.5) is 0 Å². The standard InChI is InChI=1S/C14H22N2O2S/c1-3-14(18,4-2)11-16-13(17)10-19-9-12-5-7-15-8-6-12/h5-8,18H,3-4,9-11H2,1-2H3,(H,16,17). The molecule has 4 nitrogen and oxygen atoms in total. The summed E-state index contributed by atoms with van der Waals surface area (Å²) in [7, 11) is 0. The molecule has 0 aliphatic heterocycles. The van der Waals surface area contributed by atoms with Crippen LogP contribution in [-0.4, -0.2) is 33.9 Å². The average molecular weight is 282 g/mol. The first kappa shape index (κ1) is 16.0. The molecule has 19 heavy (non-hydrogen) atoms. The maximum atomic E-state index is 11.7. The van der Waals surface area contributed by atoms with Gasteiger partial charge in [0.05, 0.1) is 11.4 Å². The zero-order chi connectivity index (χ0) is 14.1. The average Bonchev–Trinajstić information content (AvgIpc) is 2.46. The van der Waals surface area contributed by atoms with Crippen molar-refractivity contribution in [2.75, 3.05) is 12.3 Å². The second-order valence-corrected chi connectivity index (χ2v) is 5.54. The highest BCUT2D eigenvalue weighted by Crippen LogP contribution is 2.13. The molecule has 0 bridgehead atoms. The first-order chi connectivity index (χ1) is 9.09. The molecule has 0 atom stereocenters. The van der Waals surface area contributed by atoms with Crippen LogP contribution in [0.2, 0.25) is 0 Å². The lowest BCUT2D eigenvalue weighted by Gasteiger charge is -2.25. The monoisotopic (exact) mass is 282 g/mol. The van der Waals surface area contributed by atoms with Crippen LogP contribution in [0.5, 0.6) is 0 Å². The maximum absolute atomic E-state index is 11.7. The van der Waals surface area contributed by atoms with Crippen molar-refractivity contribution in [2.45, 2.75) is 38.0 Å². The number of hydrogen-bond donors (Lipinski definition) is 2. The molecular formula is C14H22N2O2S. The third-order valence-corrected chi connectivity index (χ3v) is 4.19. The van der Waals surface area contributed by atoms with Crippen LogP contribution in [0.25, 0.3) is 0 Å². The number of pyridine rings is 1. The van der Waals surface area contributed by atoms with E-state index >= 15 is 0 Å². The minimum atomic E-state index is -0.772. The predicted octanol–water partition coefficient (Wildman–Crippen LogP) is 1.98. The van der Waals surface area contributed by atoms with E-state index in [4.69, 9.17) is 0 Å².